The predicted octanol–water partition coefficient (Wildman–Crippen LogP) is 3.38. The van der Waals surface area contributed by atoms with Crippen LogP contribution < -0.4 is 5.32 Å². The topological polar surface area (TPSA) is 25.2 Å². The van der Waals surface area contributed by atoms with Gasteiger partial charge in [-0.1, -0.05) is 32.6 Å². The molecule has 0 aliphatic rings. The van der Waals surface area contributed by atoms with Gasteiger partial charge >= 0.3 is 0 Å². The summed E-state index contributed by atoms with van der Waals surface area (Å²) in [4.78, 5) is 0. The van der Waals surface area contributed by atoms with E-state index in [1.54, 1.807) is 6.26 Å². The van der Waals surface area contributed by atoms with Crippen molar-refractivity contribution in [1.82, 2.24) is 5.32 Å². The van der Waals surface area contributed by atoms with Crippen molar-refractivity contribution in [2.45, 2.75) is 51.5 Å². The van der Waals surface area contributed by atoms with Crippen LogP contribution in [-0.4, -0.2) is 13.1 Å². The van der Waals surface area contributed by atoms with E-state index in [9.17, 15) is 0 Å². The Morgan fingerprint density at radius 2 is 2.20 bits per heavy atom. The summed E-state index contributed by atoms with van der Waals surface area (Å²) in [5.74, 6) is 0. The third-order valence-corrected chi connectivity index (χ3v) is 2.88. The van der Waals surface area contributed by atoms with Crippen molar-refractivity contribution in [3.63, 3.8) is 0 Å². The molecule has 86 valence electrons. The van der Waals surface area contributed by atoms with E-state index in [0.29, 0.717) is 6.04 Å². The zero-order chi connectivity index (χ0) is 10.9. The number of nitrogens with one attached hydrogen (secondary N) is 1. The Labute approximate surface area is 93.1 Å². The minimum Gasteiger partial charge on any atom is -0.472 e. The van der Waals surface area contributed by atoms with Gasteiger partial charge in [0, 0.05) is 6.04 Å². The molecule has 0 aliphatic carbocycles. The molecule has 0 saturated heterocycles. The highest BCUT2D eigenvalue weighted by atomic mass is 16.3. The SMILES string of the molecule is CCCCCCC(Cc1ccoc1)NC. The molecule has 2 nitrogen and oxygen atoms in total. The van der Waals surface area contributed by atoms with Crippen molar-refractivity contribution in [3.05, 3.63) is 24.2 Å². The lowest BCUT2D eigenvalue weighted by Crippen LogP contribution is -2.27. The highest BCUT2D eigenvalue weighted by Gasteiger charge is 2.07. The second-order valence-corrected chi connectivity index (χ2v) is 4.17. The van der Waals surface area contributed by atoms with Crippen LogP contribution in [0.25, 0.3) is 0 Å². The molecule has 1 N–H and O–H groups in total. The maximum absolute atomic E-state index is 5.08. The minimum atomic E-state index is 0.597. The Hall–Kier alpha value is -0.760. The van der Waals surface area contributed by atoms with Crippen LogP contribution in [0.5, 0.6) is 0 Å². The van der Waals surface area contributed by atoms with Gasteiger partial charge in [-0.15, -0.1) is 0 Å². The molecule has 1 aromatic heterocycles. The van der Waals surface area contributed by atoms with E-state index in [1.807, 2.05) is 13.3 Å². The Morgan fingerprint density at radius 1 is 1.33 bits per heavy atom. The second-order valence-electron chi connectivity index (χ2n) is 4.17. The zero-order valence-electron chi connectivity index (χ0n) is 9.96. The van der Waals surface area contributed by atoms with Crippen molar-refractivity contribution in [1.29, 1.82) is 0 Å². The van der Waals surface area contributed by atoms with E-state index in [2.05, 4.69) is 18.3 Å². The molecule has 0 radical (unpaired) electrons. The summed E-state index contributed by atoms with van der Waals surface area (Å²) in [5.41, 5.74) is 1.30. The molecule has 1 atom stereocenters. The van der Waals surface area contributed by atoms with Gasteiger partial charge in [0.2, 0.25) is 0 Å². The van der Waals surface area contributed by atoms with Gasteiger partial charge in [-0.25, -0.2) is 0 Å². The zero-order valence-corrected chi connectivity index (χ0v) is 9.96. The fraction of sp³-hybridized carbons (Fsp3) is 0.692. The van der Waals surface area contributed by atoms with E-state index in [4.69, 9.17) is 4.42 Å². The monoisotopic (exact) mass is 209 g/mol. The average Bonchev–Trinajstić information content (AvgIpc) is 2.75. The predicted molar refractivity (Wildman–Crippen MR) is 64.0 cm³/mol. The van der Waals surface area contributed by atoms with Crippen LogP contribution in [0.4, 0.5) is 0 Å². The van der Waals surface area contributed by atoms with Crippen LogP contribution in [0.1, 0.15) is 44.6 Å². The van der Waals surface area contributed by atoms with Gasteiger partial charge in [-0.3, -0.25) is 0 Å². The number of rotatable bonds is 8. The maximum Gasteiger partial charge on any atom is 0.0935 e. The molecule has 0 spiro atoms. The molecule has 0 bridgehead atoms. The fourth-order valence-electron chi connectivity index (χ4n) is 1.86. The smallest absolute Gasteiger partial charge is 0.0935 e. The molecule has 1 heterocycles. The number of hydrogen-bond donors (Lipinski definition) is 1. The van der Waals surface area contributed by atoms with Gasteiger partial charge < -0.3 is 9.73 Å². The largest absolute Gasteiger partial charge is 0.472 e. The Morgan fingerprint density at radius 3 is 2.80 bits per heavy atom. The molecule has 2 heteroatoms. The van der Waals surface area contributed by atoms with Gasteiger partial charge in [0.1, 0.15) is 0 Å². The first-order valence-electron chi connectivity index (χ1n) is 6.05. The van der Waals surface area contributed by atoms with Crippen molar-refractivity contribution >= 4 is 0 Å². The lowest BCUT2D eigenvalue weighted by atomic mass is 10.0. The summed E-state index contributed by atoms with van der Waals surface area (Å²) >= 11 is 0. The van der Waals surface area contributed by atoms with Gasteiger partial charge in [0.05, 0.1) is 12.5 Å². The molecule has 0 saturated carbocycles. The van der Waals surface area contributed by atoms with Crippen LogP contribution in [0, 0.1) is 0 Å². The Balaban J connectivity index is 2.18. The second kappa shape index (κ2) is 7.52. The van der Waals surface area contributed by atoms with Gasteiger partial charge in [-0.05, 0) is 31.5 Å². The van der Waals surface area contributed by atoms with E-state index in [-0.39, 0.29) is 0 Å². The highest BCUT2D eigenvalue weighted by molar-refractivity contribution is 5.07. The van der Waals surface area contributed by atoms with E-state index >= 15 is 0 Å². The van der Waals surface area contributed by atoms with E-state index < -0.39 is 0 Å². The third kappa shape index (κ3) is 5.03. The standard InChI is InChI=1S/C13H23NO/c1-3-4-5-6-7-13(14-2)10-12-8-9-15-11-12/h8-9,11,13-14H,3-7,10H2,1-2H3. The summed E-state index contributed by atoms with van der Waals surface area (Å²) in [6.07, 6.45) is 11.3. The summed E-state index contributed by atoms with van der Waals surface area (Å²) in [5, 5.41) is 3.38. The fourth-order valence-corrected chi connectivity index (χ4v) is 1.86. The third-order valence-electron chi connectivity index (χ3n) is 2.88. The Bertz CT molecular complexity index is 231. The molecule has 1 unspecified atom stereocenters. The van der Waals surface area contributed by atoms with Crippen molar-refractivity contribution in [2.24, 2.45) is 0 Å². The van der Waals surface area contributed by atoms with E-state index in [0.717, 1.165) is 6.42 Å². The average molecular weight is 209 g/mol. The molecule has 0 amide bonds. The lowest BCUT2D eigenvalue weighted by Gasteiger charge is -2.14. The van der Waals surface area contributed by atoms with Gasteiger partial charge in [0.25, 0.3) is 0 Å². The van der Waals surface area contributed by atoms with Crippen molar-refractivity contribution < 1.29 is 4.42 Å². The van der Waals surface area contributed by atoms with Crippen LogP contribution in [-0.2, 0) is 6.42 Å². The first-order valence-corrected chi connectivity index (χ1v) is 6.05. The molecule has 1 rings (SSSR count). The van der Waals surface area contributed by atoms with Gasteiger partial charge in [0.15, 0.2) is 0 Å². The minimum absolute atomic E-state index is 0.597. The molecule has 0 aromatic carbocycles. The van der Waals surface area contributed by atoms with E-state index in [1.165, 1.54) is 37.7 Å². The number of unbranched alkanes of at least 4 members (excludes halogenated alkanes) is 3. The summed E-state index contributed by atoms with van der Waals surface area (Å²) in [7, 11) is 2.05. The molecular formula is C13H23NO. The number of hydrogen-bond acceptors (Lipinski definition) is 2. The van der Waals surface area contributed by atoms with Gasteiger partial charge in [-0.2, -0.15) is 0 Å². The first kappa shape index (κ1) is 12.3. The maximum atomic E-state index is 5.08. The quantitative estimate of drug-likeness (QED) is 0.664. The number of furan rings is 1. The molecular weight excluding hydrogens is 186 g/mol. The summed E-state index contributed by atoms with van der Waals surface area (Å²) in [6.45, 7) is 2.25. The molecule has 0 aliphatic heterocycles. The molecule has 1 aromatic rings. The summed E-state index contributed by atoms with van der Waals surface area (Å²) < 4.78 is 5.08. The van der Waals surface area contributed by atoms with Crippen molar-refractivity contribution in [3.8, 4) is 0 Å². The lowest BCUT2D eigenvalue weighted by molar-refractivity contribution is 0.481. The number of likely N-dealkylation sites (N-methyl/N-ethyl adjacent to an activating group) is 1. The Kier molecular flexibility index (Phi) is 6.17. The van der Waals surface area contributed by atoms with Crippen LogP contribution in [0.3, 0.4) is 0 Å². The first-order chi connectivity index (χ1) is 7.36. The summed E-state index contributed by atoms with van der Waals surface area (Å²) in [6, 6.07) is 2.65. The van der Waals surface area contributed by atoms with Crippen LogP contribution in [0.2, 0.25) is 0 Å². The normalized spacial score (nSPS) is 12.9. The molecule has 0 fully saturated rings. The molecule has 15 heavy (non-hydrogen) atoms. The van der Waals surface area contributed by atoms with Crippen LogP contribution in [0.15, 0.2) is 23.0 Å². The van der Waals surface area contributed by atoms with Crippen LogP contribution >= 0.6 is 0 Å². The highest BCUT2D eigenvalue weighted by Crippen LogP contribution is 2.10. The van der Waals surface area contributed by atoms with Crippen molar-refractivity contribution in [2.75, 3.05) is 7.05 Å².